The lowest BCUT2D eigenvalue weighted by atomic mass is 10.0. The molecule has 1 unspecified atom stereocenters. The topological polar surface area (TPSA) is 76.4 Å². The van der Waals surface area contributed by atoms with E-state index in [4.69, 9.17) is 9.73 Å². The molecule has 2 N–H and O–H groups in total. The van der Waals surface area contributed by atoms with Gasteiger partial charge in [0, 0.05) is 26.7 Å². The molecular weight excluding hydrogens is 376 g/mol. The van der Waals surface area contributed by atoms with Crippen molar-refractivity contribution in [2.45, 2.75) is 65.0 Å². The fraction of sp³-hybridized carbons (Fsp3) is 0.609. The molecule has 0 amide bonds. The Morgan fingerprint density at radius 2 is 2.03 bits per heavy atom. The fourth-order valence-corrected chi connectivity index (χ4v) is 3.50. The Balaban J connectivity index is 1.50. The van der Waals surface area contributed by atoms with Crippen LogP contribution in [-0.4, -0.2) is 46.5 Å². The Hall–Kier alpha value is -2.41. The first-order chi connectivity index (χ1) is 14.5. The lowest BCUT2D eigenvalue weighted by molar-refractivity contribution is 0.114. The Morgan fingerprint density at radius 3 is 2.67 bits per heavy atom. The molecule has 2 heterocycles. The molecule has 1 aliphatic rings. The second-order valence-corrected chi connectivity index (χ2v) is 8.33. The van der Waals surface area contributed by atoms with Gasteiger partial charge in [0.15, 0.2) is 11.8 Å². The maximum absolute atomic E-state index is 5.73. The molecule has 1 aromatic heterocycles. The molecule has 1 fully saturated rings. The molecule has 0 bridgehead atoms. The van der Waals surface area contributed by atoms with Crippen molar-refractivity contribution < 1.29 is 4.74 Å². The fourth-order valence-electron chi connectivity index (χ4n) is 3.50. The Morgan fingerprint density at radius 1 is 1.23 bits per heavy atom. The zero-order valence-electron chi connectivity index (χ0n) is 18.8. The van der Waals surface area contributed by atoms with E-state index < -0.39 is 0 Å². The van der Waals surface area contributed by atoms with E-state index in [1.807, 2.05) is 18.5 Å². The Labute approximate surface area is 180 Å². The summed E-state index contributed by atoms with van der Waals surface area (Å²) < 4.78 is 7.70. The highest BCUT2D eigenvalue weighted by Crippen LogP contribution is 2.15. The van der Waals surface area contributed by atoms with Crippen LogP contribution in [-0.2, 0) is 24.8 Å². The molecule has 2 aromatic rings. The van der Waals surface area contributed by atoms with E-state index in [1.54, 1.807) is 0 Å². The molecule has 0 aliphatic carbocycles. The highest BCUT2D eigenvalue weighted by Gasteiger charge is 2.15. The van der Waals surface area contributed by atoms with Crippen LogP contribution in [0.1, 0.15) is 61.8 Å². The number of aliphatic imine (C=N–C) groups is 1. The predicted molar refractivity (Wildman–Crippen MR) is 121 cm³/mol. The first-order valence-electron chi connectivity index (χ1n) is 11.1. The van der Waals surface area contributed by atoms with E-state index in [0.29, 0.717) is 12.5 Å². The third-order valence-electron chi connectivity index (χ3n) is 5.66. The molecule has 1 atom stereocenters. The molecular formula is C23H36N6O. The molecule has 7 heteroatoms. The maximum Gasteiger partial charge on any atom is 0.191 e. The molecule has 164 valence electrons. The summed E-state index contributed by atoms with van der Waals surface area (Å²) in [5.41, 5.74) is 2.77. The minimum absolute atomic E-state index is 0.272. The van der Waals surface area contributed by atoms with Gasteiger partial charge in [0.05, 0.1) is 6.10 Å². The quantitative estimate of drug-likeness (QED) is 0.376. The molecule has 1 aromatic carbocycles. The number of hydrogen-bond acceptors (Lipinski definition) is 4. The van der Waals surface area contributed by atoms with Crippen LogP contribution in [0.5, 0.6) is 0 Å². The van der Waals surface area contributed by atoms with Gasteiger partial charge in [-0.2, -0.15) is 0 Å². The van der Waals surface area contributed by atoms with Crippen molar-refractivity contribution in [1.82, 2.24) is 25.4 Å². The molecule has 0 radical (unpaired) electrons. The summed E-state index contributed by atoms with van der Waals surface area (Å²) in [7, 11) is 1.97. The zero-order valence-corrected chi connectivity index (χ0v) is 18.8. The van der Waals surface area contributed by atoms with Gasteiger partial charge in [-0.1, -0.05) is 38.1 Å². The van der Waals surface area contributed by atoms with Gasteiger partial charge >= 0.3 is 0 Å². The van der Waals surface area contributed by atoms with E-state index >= 15 is 0 Å². The summed E-state index contributed by atoms with van der Waals surface area (Å²) in [6, 6.07) is 8.98. The molecule has 0 saturated carbocycles. The van der Waals surface area contributed by atoms with Gasteiger partial charge < -0.3 is 19.9 Å². The van der Waals surface area contributed by atoms with E-state index in [0.717, 1.165) is 63.0 Å². The predicted octanol–water partition coefficient (Wildman–Crippen LogP) is 3.09. The van der Waals surface area contributed by atoms with Crippen LogP contribution in [0.4, 0.5) is 0 Å². The highest BCUT2D eigenvalue weighted by atomic mass is 16.5. The number of aromatic nitrogens is 3. The smallest absolute Gasteiger partial charge is 0.191 e. The summed E-state index contributed by atoms with van der Waals surface area (Å²) in [4.78, 5) is 4.72. The summed E-state index contributed by atoms with van der Waals surface area (Å²) in [6.07, 6.45) is 4.61. The molecule has 7 nitrogen and oxygen atoms in total. The highest BCUT2D eigenvalue weighted by molar-refractivity contribution is 5.79. The molecule has 1 aliphatic heterocycles. The summed E-state index contributed by atoms with van der Waals surface area (Å²) >= 11 is 0. The maximum atomic E-state index is 5.73. The van der Waals surface area contributed by atoms with Gasteiger partial charge in [0.25, 0.3) is 0 Å². The van der Waals surface area contributed by atoms with Crippen LogP contribution in [0, 0.1) is 6.92 Å². The number of nitrogens with zero attached hydrogens (tertiary/aromatic N) is 4. The van der Waals surface area contributed by atoms with Crippen molar-refractivity contribution in [1.29, 1.82) is 0 Å². The standard InChI is InChI=1S/C23H36N6O/c1-17(2)20-11-9-19(10-12-20)7-5-13-24-23(25-15-21-8-6-14-30-21)26-16-22-28-27-18(3)29(22)4/h9-12,17,21H,5-8,13-16H2,1-4H3,(H2,24,25,26). The van der Waals surface area contributed by atoms with Crippen LogP contribution >= 0.6 is 0 Å². The van der Waals surface area contributed by atoms with Crippen molar-refractivity contribution >= 4 is 5.96 Å². The third kappa shape index (κ3) is 6.55. The van der Waals surface area contributed by atoms with Crippen LogP contribution in [0.3, 0.4) is 0 Å². The van der Waals surface area contributed by atoms with Crippen molar-refractivity contribution in [2.24, 2.45) is 12.0 Å². The van der Waals surface area contributed by atoms with E-state index in [-0.39, 0.29) is 6.10 Å². The van der Waals surface area contributed by atoms with E-state index in [2.05, 4.69) is 58.9 Å². The second kappa shape index (κ2) is 11.1. The first-order valence-corrected chi connectivity index (χ1v) is 11.1. The van der Waals surface area contributed by atoms with E-state index in [9.17, 15) is 0 Å². The number of ether oxygens (including phenoxy) is 1. The average molecular weight is 413 g/mol. The number of rotatable bonds is 9. The van der Waals surface area contributed by atoms with Crippen molar-refractivity contribution in [2.75, 3.05) is 19.7 Å². The lowest BCUT2D eigenvalue weighted by Gasteiger charge is -2.15. The monoisotopic (exact) mass is 412 g/mol. The van der Waals surface area contributed by atoms with Crippen molar-refractivity contribution in [3.05, 3.63) is 47.0 Å². The number of hydrogen-bond donors (Lipinski definition) is 2. The van der Waals surface area contributed by atoms with Crippen LogP contribution in [0.25, 0.3) is 0 Å². The molecule has 3 rings (SSSR count). The summed E-state index contributed by atoms with van der Waals surface area (Å²) in [6.45, 7) is 9.40. The van der Waals surface area contributed by atoms with Crippen LogP contribution in [0.15, 0.2) is 29.3 Å². The Bertz CT molecular complexity index is 806. The van der Waals surface area contributed by atoms with E-state index in [1.165, 1.54) is 11.1 Å². The summed E-state index contributed by atoms with van der Waals surface area (Å²) in [5.74, 6) is 3.13. The minimum atomic E-state index is 0.272. The third-order valence-corrected chi connectivity index (χ3v) is 5.66. The van der Waals surface area contributed by atoms with Gasteiger partial charge in [0.1, 0.15) is 12.4 Å². The van der Waals surface area contributed by atoms with Crippen LogP contribution < -0.4 is 10.6 Å². The van der Waals surface area contributed by atoms with Gasteiger partial charge in [-0.05, 0) is 49.7 Å². The molecule has 30 heavy (non-hydrogen) atoms. The number of guanidine groups is 1. The van der Waals surface area contributed by atoms with Gasteiger partial charge in [-0.25, -0.2) is 4.99 Å². The SMILES string of the molecule is Cc1nnc(CN=C(NCCCc2ccc(C(C)C)cc2)NCC2CCCO2)n1C. The molecule has 1 saturated heterocycles. The number of benzene rings is 1. The van der Waals surface area contributed by atoms with Gasteiger partial charge in [-0.15, -0.1) is 10.2 Å². The largest absolute Gasteiger partial charge is 0.376 e. The Kier molecular flexibility index (Phi) is 8.25. The molecule has 0 spiro atoms. The minimum Gasteiger partial charge on any atom is -0.376 e. The van der Waals surface area contributed by atoms with Gasteiger partial charge in [-0.3, -0.25) is 0 Å². The van der Waals surface area contributed by atoms with Crippen LogP contribution in [0.2, 0.25) is 0 Å². The normalized spacial score (nSPS) is 17.0. The van der Waals surface area contributed by atoms with Crippen molar-refractivity contribution in [3.63, 3.8) is 0 Å². The van der Waals surface area contributed by atoms with Gasteiger partial charge in [0.2, 0.25) is 0 Å². The first kappa shape index (κ1) is 22.3. The van der Waals surface area contributed by atoms with Crippen molar-refractivity contribution in [3.8, 4) is 0 Å². The second-order valence-electron chi connectivity index (χ2n) is 8.33. The number of aryl methyl sites for hydroxylation is 2. The lowest BCUT2D eigenvalue weighted by Crippen LogP contribution is -2.41. The summed E-state index contributed by atoms with van der Waals surface area (Å²) in [5, 5.41) is 15.2. The average Bonchev–Trinajstić information content (AvgIpc) is 3.38. The number of nitrogens with one attached hydrogen (secondary N) is 2. The zero-order chi connectivity index (χ0) is 21.3.